The lowest BCUT2D eigenvalue weighted by atomic mass is 10.1. The van der Waals surface area contributed by atoms with E-state index in [1.165, 1.54) is 5.56 Å². The highest BCUT2D eigenvalue weighted by atomic mass is 16.4. The van der Waals surface area contributed by atoms with Crippen LogP contribution in [0, 0.1) is 12.8 Å². The summed E-state index contributed by atoms with van der Waals surface area (Å²) in [5, 5.41) is 12.0. The molecule has 2 rings (SSSR count). The van der Waals surface area contributed by atoms with E-state index in [0.717, 1.165) is 23.4 Å². The summed E-state index contributed by atoms with van der Waals surface area (Å²) in [6.07, 6.45) is 0.200. The Kier molecular flexibility index (Phi) is 4.16. The quantitative estimate of drug-likeness (QED) is 0.744. The first-order valence-electron chi connectivity index (χ1n) is 6.42. The number of carboxylic acids is 1. The smallest absolute Gasteiger partial charge is 0.303 e. The number of aliphatic carboxylic acids is 1. The van der Waals surface area contributed by atoms with Crippen LogP contribution in [0.2, 0.25) is 0 Å². The maximum atomic E-state index is 10.6. The van der Waals surface area contributed by atoms with Crippen molar-refractivity contribution in [2.45, 2.75) is 26.8 Å². The average Bonchev–Trinajstić information content (AvgIpc) is 2.67. The van der Waals surface area contributed by atoms with Crippen LogP contribution in [0.5, 0.6) is 0 Å². The molecular formula is C14H19N3O2. The van der Waals surface area contributed by atoms with Crippen molar-refractivity contribution >= 4 is 17.0 Å². The number of aromatic amines is 1. The first-order valence-corrected chi connectivity index (χ1v) is 6.42. The number of aryl methyl sites for hydroxylation is 1. The second kappa shape index (κ2) is 5.84. The van der Waals surface area contributed by atoms with Crippen LogP contribution in [0.1, 0.15) is 24.7 Å². The fraction of sp³-hybridized carbons (Fsp3) is 0.429. The van der Waals surface area contributed by atoms with Gasteiger partial charge >= 0.3 is 5.97 Å². The predicted molar refractivity (Wildman–Crippen MR) is 74.0 cm³/mol. The molecule has 0 saturated carbocycles. The lowest BCUT2D eigenvalue weighted by Crippen LogP contribution is -2.22. The average molecular weight is 261 g/mol. The van der Waals surface area contributed by atoms with Crippen LogP contribution >= 0.6 is 0 Å². The molecule has 0 fully saturated rings. The summed E-state index contributed by atoms with van der Waals surface area (Å²) in [6, 6.07) is 6.11. The minimum Gasteiger partial charge on any atom is -0.481 e. The number of hydrogen-bond acceptors (Lipinski definition) is 3. The van der Waals surface area contributed by atoms with Gasteiger partial charge in [-0.15, -0.1) is 0 Å². The molecule has 0 aliphatic rings. The van der Waals surface area contributed by atoms with Crippen molar-refractivity contribution < 1.29 is 9.90 Å². The number of nitrogens with one attached hydrogen (secondary N) is 2. The molecule has 1 heterocycles. The molecule has 0 bridgehead atoms. The molecule has 102 valence electrons. The molecule has 19 heavy (non-hydrogen) atoms. The number of hydrogen-bond donors (Lipinski definition) is 3. The van der Waals surface area contributed by atoms with Crippen molar-refractivity contribution in [3.05, 3.63) is 29.6 Å². The van der Waals surface area contributed by atoms with Crippen LogP contribution in [-0.4, -0.2) is 27.6 Å². The minimum absolute atomic E-state index is 0.135. The number of aromatic nitrogens is 2. The summed E-state index contributed by atoms with van der Waals surface area (Å²) in [5.41, 5.74) is 3.18. The summed E-state index contributed by atoms with van der Waals surface area (Å²) in [7, 11) is 0. The van der Waals surface area contributed by atoms with Gasteiger partial charge in [-0.3, -0.25) is 4.79 Å². The van der Waals surface area contributed by atoms with Crippen LogP contribution in [-0.2, 0) is 11.3 Å². The lowest BCUT2D eigenvalue weighted by molar-refractivity contribution is -0.137. The summed E-state index contributed by atoms with van der Waals surface area (Å²) in [4.78, 5) is 18.1. The maximum absolute atomic E-state index is 10.6. The summed E-state index contributed by atoms with van der Waals surface area (Å²) < 4.78 is 0. The van der Waals surface area contributed by atoms with Crippen molar-refractivity contribution in [1.82, 2.24) is 15.3 Å². The summed E-state index contributed by atoms with van der Waals surface area (Å²) in [6.45, 7) is 5.30. The van der Waals surface area contributed by atoms with Gasteiger partial charge < -0.3 is 15.4 Å². The number of rotatable bonds is 6. The zero-order valence-electron chi connectivity index (χ0n) is 11.2. The molecule has 0 spiro atoms. The Morgan fingerprint density at radius 2 is 2.32 bits per heavy atom. The fourth-order valence-corrected chi connectivity index (χ4v) is 2.13. The van der Waals surface area contributed by atoms with Crippen molar-refractivity contribution in [2.24, 2.45) is 5.92 Å². The van der Waals surface area contributed by atoms with E-state index in [1.54, 1.807) is 0 Å². The van der Waals surface area contributed by atoms with Crippen molar-refractivity contribution in [1.29, 1.82) is 0 Å². The third-order valence-corrected chi connectivity index (χ3v) is 3.01. The maximum Gasteiger partial charge on any atom is 0.303 e. The highest BCUT2D eigenvalue weighted by Crippen LogP contribution is 2.13. The van der Waals surface area contributed by atoms with E-state index >= 15 is 0 Å². The number of carbonyl (C=O) groups is 1. The molecule has 0 aliphatic heterocycles. The van der Waals surface area contributed by atoms with Gasteiger partial charge in [-0.1, -0.05) is 13.0 Å². The Hall–Kier alpha value is -1.88. The van der Waals surface area contributed by atoms with Gasteiger partial charge in [0.25, 0.3) is 0 Å². The van der Waals surface area contributed by atoms with Crippen molar-refractivity contribution in [3.63, 3.8) is 0 Å². The number of carboxylic acid groups (broad SMARTS) is 1. The van der Waals surface area contributed by atoms with Crippen LogP contribution in [0.25, 0.3) is 11.0 Å². The highest BCUT2D eigenvalue weighted by Gasteiger charge is 2.07. The summed E-state index contributed by atoms with van der Waals surface area (Å²) in [5.74, 6) is 0.300. The molecule has 1 unspecified atom stereocenters. The van der Waals surface area contributed by atoms with E-state index < -0.39 is 5.97 Å². The van der Waals surface area contributed by atoms with E-state index in [0.29, 0.717) is 6.54 Å². The van der Waals surface area contributed by atoms with Gasteiger partial charge in [-0.05, 0) is 37.1 Å². The van der Waals surface area contributed by atoms with Crippen LogP contribution in [0.4, 0.5) is 0 Å². The fourth-order valence-electron chi connectivity index (χ4n) is 2.13. The molecule has 3 N–H and O–H groups in total. The van der Waals surface area contributed by atoms with Crippen molar-refractivity contribution in [3.8, 4) is 0 Å². The second-order valence-electron chi connectivity index (χ2n) is 5.01. The van der Waals surface area contributed by atoms with Gasteiger partial charge in [0.15, 0.2) is 0 Å². The number of benzene rings is 1. The Bertz CT molecular complexity index is 577. The van der Waals surface area contributed by atoms with Gasteiger partial charge in [0, 0.05) is 13.0 Å². The molecule has 1 aromatic heterocycles. The largest absolute Gasteiger partial charge is 0.481 e. The summed E-state index contributed by atoms with van der Waals surface area (Å²) >= 11 is 0. The van der Waals surface area contributed by atoms with E-state index in [9.17, 15) is 4.79 Å². The van der Waals surface area contributed by atoms with E-state index in [-0.39, 0.29) is 12.3 Å². The predicted octanol–water partition coefficient (Wildman–Crippen LogP) is 2.07. The molecule has 0 aliphatic carbocycles. The Labute approximate surface area is 112 Å². The lowest BCUT2D eigenvalue weighted by Gasteiger charge is -2.10. The van der Waals surface area contributed by atoms with Crippen molar-refractivity contribution in [2.75, 3.05) is 6.54 Å². The molecule has 5 nitrogen and oxygen atoms in total. The number of fused-ring (bicyclic) bond motifs is 1. The first-order chi connectivity index (χ1) is 9.04. The molecule has 0 radical (unpaired) electrons. The zero-order valence-corrected chi connectivity index (χ0v) is 11.2. The van der Waals surface area contributed by atoms with Crippen LogP contribution in [0.3, 0.4) is 0 Å². The van der Waals surface area contributed by atoms with Crippen LogP contribution in [0.15, 0.2) is 18.2 Å². The molecule has 1 aromatic carbocycles. The SMILES string of the molecule is Cc1nc2ccc(CNCC(C)CC(=O)O)cc2[nH]1. The van der Waals surface area contributed by atoms with Gasteiger partial charge in [0.1, 0.15) is 5.82 Å². The third-order valence-electron chi connectivity index (χ3n) is 3.01. The molecule has 0 amide bonds. The standard InChI is InChI=1S/C14H19N3O2/c1-9(5-14(18)19)7-15-8-11-3-4-12-13(6-11)17-10(2)16-12/h3-4,6,9,15H,5,7-8H2,1-2H3,(H,16,17)(H,18,19). The van der Waals surface area contributed by atoms with E-state index in [2.05, 4.69) is 21.4 Å². The van der Waals surface area contributed by atoms with Crippen LogP contribution < -0.4 is 5.32 Å². The minimum atomic E-state index is -0.747. The Morgan fingerprint density at radius 1 is 1.53 bits per heavy atom. The molecular weight excluding hydrogens is 242 g/mol. The zero-order chi connectivity index (χ0) is 13.8. The Balaban J connectivity index is 1.89. The Morgan fingerprint density at radius 3 is 3.05 bits per heavy atom. The number of H-pyrrole nitrogens is 1. The number of nitrogens with zero attached hydrogens (tertiary/aromatic N) is 1. The molecule has 5 heteroatoms. The van der Waals surface area contributed by atoms with E-state index in [1.807, 2.05) is 26.0 Å². The normalized spacial score (nSPS) is 12.7. The topological polar surface area (TPSA) is 78.0 Å². The highest BCUT2D eigenvalue weighted by molar-refractivity contribution is 5.75. The molecule has 1 atom stereocenters. The first kappa shape index (κ1) is 13.5. The molecule has 2 aromatic rings. The van der Waals surface area contributed by atoms with Gasteiger partial charge in [-0.25, -0.2) is 4.98 Å². The second-order valence-corrected chi connectivity index (χ2v) is 5.01. The monoisotopic (exact) mass is 261 g/mol. The number of imidazole rings is 1. The molecule has 0 saturated heterocycles. The van der Waals surface area contributed by atoms with Gasteiger partial charge in [0.2, 0.25) is 0 Å². The third kappa shape index (κ3) is 3.79. The van der Waals surface area contributed by atoms with Gasteiger partial charge in [-0.2, -0.15) is 0 Å². The van der Waals surface area contributed by atoms with E-state index in [4.69, 9.17) is 5.11 Å². The van der Waals surface area contributed by atoms with Gasteiger partial charge in [0.05, 0.1) is 11.0 Å².